The third-order valence-electron chi connectivity index (χ3n) is 2.48. The van der Waals surface area contributed by atoms with Gasteiger partial charge in [-0.3, -0.25) is 0 Å². The van der Waals surface area contributed by atoms with Gasteiger partial charge in [-0.15, -0.1) is 0 Å². The van der Waals surface area contributed by atoms with E-state index in [-0.39, 0.29) is 12.4 Å². The molecule has 19 heavy (non-hydrogen) atoms. The van der Waals surface area contributed by atoms with Crippen LogP contribution in [-0.4, -0.2) is 11.7 Å². The summed E-state index contributed by atoms with van der Waals surface area (Å²) in [6.07, 6.45) is 1.04. The zero-order chi connectivity index (χ0) is 14.6. The van der Waals surface area contributed by atoms with Crippen LogP contribution in [0.1, 0.15) is 37.5 Å². The Balaban J connectivity index is 2.71. The van der Waals surface area contributed by atoms with Crippen molar-refractivity contribution in [1.82, 2.24) is 5.32 Å². The molecule has 0 heterocycles. The summed E-state index contributed by atoms with van der Waals surface area (Å²) in [7, 11) is 0. The number of nitrogens with one attached hydrogen (secondary N) is 1. The first kappa shape index (κ1) is 15.2. The highest BCUT2D eigenvalue weighted by atomic mass is 19.1. The van der Waals surface area contributed by atoms with E-state index in [1.54, 1.807) is 32.9 Å². The second kappa shape index (κ2) is 5.87. The molecule has 0 spiro atoms. The molecule has 1 rings (SSSR count). The highest BCUT2D eigenvalue weighted by Crippen LogP contribution is 2.16. The molecule has 0 aliphatic rings. The van der Waals surface area contributed by atoms with Gasteiger partial charge in [-0.2, -0.15) is 0 Å². The Hall–Kier alpha value is -1.84. The molecule has 0 fully saturated rings. The molecule has 0 atom stereocenters. The van der Waals surface area contributed by atoms with Crippen LogP contribution in [0.4, 0.5) is 9.18 Å². The van der Waals surface area contributed by atoms with Crippen LogP contribution in [0.2, 0.25) is 0 Å². The fraction of sp³-hybridized carbons (Fsp3) is 0.400. The van der Waals surface area contributed by atoms with Gasteiger partial charge in [0.15, 0.2) is 0 Å². The summed E-state index contributed by atoms with van der Waals surface area (Å²) in [5, 5.41) is 2.53. The number of carbonyl (C=O) groups is 1. The maximum absolute atomic E-state index is 13.8. The SMILES string of the molecule is C=Cc1cc(F)c(CNC(=O)OC(C)(C)C)cc1C. The summed E-state index contributed by atoms with van der Waals surface area (Å²) in [5.41, 5.74) is 1.52. The molecule has 0 saturated heterocycles. The van der Waals surface area contributed by atoms with Gasteiger partial charge >= 0.3 is 6.09 Å². The molecule has 1 aromatic carbocycles. The molecule has 4 heteroatoms. The lowest BCUT2D eigenvalue weighted by atomic mass is 10.0. The molecular formula is C15H20FNO2. The van der Waals surface area contributed by atoms with Crippen LogP contribution in [0.25, 0.3) is 6.08 Å². The van der Waals surface area contributed by atoms with Gasteiger partial charge in [0.25, 0.3) is 0 Å². The molecule has 0 unspecified atom stereocenters. The molecular weight excluding hydrogens is 245 g/mol. The summed E-state index contributed by atoms with van der Waals surface area (Å²) in [6, 6.07) is 3.11. The van der Waals surface area contributed by atoms with Crippen LogP contribution in [0.3, 0.4) is 0 Å². The van der Waals surface area contributed by atoms with Gasteiger partial charge < -0.3 is 10.1 Å². The summed E-state index contributed by atoms with van der Waals surface area (Å²) >= 11 is 0. The van der Waals surface area contributed by atoms with Gasteiger partial charge in [0.2, 0.25) is 0 Å². The topological polar surface area (TPSA) is 38.3 Å². The van der Waals surface area contributed by atoms with Crippen molar-refractivity contribution >= 4 is 12.2 Å². The first-order valence-corrected chi connectivity index (χ1v) is 6.11. The number of aryl methyl sites for hydroxylation is 1. The van der Waals surface area contributed by atoms with Crippen molar-refractivity contribution in [2.45, 2.75) is 39.8 Å². The van der Waals surface area contributed by atoms with E-state index in [0.717, 1.165) is 11.1 Å². The van der Waals surface area contributed by atoms with E-state index in [1.807, 2.05) is 6.92 Å². The number of ether oxygens (including phenoxy) is 1. The Bertz CT molecular complexity index is 490. The van der Waals surface area contributed by atoms with Crippen molar-refractivity contribution in [3.8, 4) is 0 Å². The number of hydrogen-bond donors (Lipinski definition) is 1. The highest BCUT2D eigenvalue weighted by Gasteiger charge is 2.16. The first-order chi connectivity index (χ1) is 8.73. The van der Waals surface area contributed by atoms with Crippen molar-refractivity contribution in [3.63, 3.8) is 0 Å². The third kappa shape index (κ3) is 4.73. The van der Waals surface area contributed by atoms with Crippen molar-refractivity contribution in [1.29, 1.82) is 0 Å². The van der Waals surface area contributed by atoms with Gasteiger partial charge in [-0.05, 0) is 44.9 Å². The lowest BCUT2D eigenvalue weighted by Crippen LogP contribution is -2.32. The lowest BCUT2D eigenvalue weighted by Gasteiger charge is -2.19. The van der Waals surface area contributed by atoms with Gasteiger partial charge in [-0.1, -0.05) is 18.7 Å². The molecule has 1 amide bonds. The molecule has 104 valence electrons. The second-order valence-electron chi connectivity index (χ2n) is 5.36. The van der Waals surface area contributed by atoms with Crippen LogP contribution in [0.15, 0.2) is 18.7 Å². The normalized spacial score (nSPS) is 11.0. The lowest BCUT2D eigenvalue weighted by molar-refractivity contribution is 0.0523. The fourth-order valence-electron chi connectivity index (χ4n) is 1.59. The minimum atomic E-state index is -0.564. The zero-order valence-corrected chi connectivity index (χ0v) is 11.8. The Labute approximate surface area is 113 Å². The van der Waals surface area contributed by atoms with E-state index in [0.29, 0.717) is 5.56 Å². The molecule has 0 aromatic heterocycles. The molecule has 0 radical (unpaired) electrons. The Morgan fingerprint density at radius 2 is 2.11 bits per heavy atom. The first-order valence-electron chi connectivity index (χ1n) is 6.11. The largest absolute Gasteiger partial charge is 0.444 e. The number of halogens is 1. The van der Waals surface area contributed by atoms with E-state index >= 15 is 0 Å². The van der Waals surface area contributed by atoms with E-state index in [2.05, 4.69) is 11.9 Å². The Kier molecular flexibility index (Phi) is 4.70. The highest BCUT2D eigenvalue weighted by molar-refractivity contribution is 5.67. The van der Waals surface area contributed by atoms with Crippen molar-refractivity contribution in [2.75, 3.05) is 0 Å². The van der Waals surface area contributed by atoms with E-state index in [1.165, 1.54) is 6.07 Å². The molecule has 3 nitrogen and oxygen atoms in total. The molecule has 0 saturated carbocycles. The van der Waals surface area contributed by atoms with Crippen molar-refractivity contribution in [2.24, 2.45) is 0 Å². The summed E-state index contributed by atoms with van der Waals surface area (Å²) in [4.78, 5) is 11.5. The van der Waals surface area contributed by atoms with E-state index < -0.39 is 11.7 Å². The number of hydrogen-bond acceptors (Lipinski definition) is 2. The minimum absolute atomic E-state index is 0.0962. The molecule has 0 aliphatic carbocycles. The van der Waals surface area contributed by atoms with Gasteiger partial charge in [0, 0.05) is 12.1 Å². The Morgan fingerprint density at radius 3 is 2.63 bits per heavy atom. The molecule has 0 bridgehead atoms. The molecule has 1 N–H and O–H groups in total. The predicted molar refractivity (Wildman–Crippen MR) is 74.3 cm³/mol. The number of carbonyl (C=O) groups excluding carboxylic acids is 1. The predicted octanol–water partition coefficient (Wildman–Crippen LogP) is 3.80. The maximum atomic E-state index is 13.8. The summed E-state index contributed by atoms with van der Waals surface area (Å²) in [5.74, 6) is -0.364. The average Bonchev–Trinajstić information content (AvgIpc) is 2.27. The zero-order valence-electron chi connectivity index (χ0n) is 11.8. The van der Waals surface area contributed by atoms with E-state index in [9.17, 15) is 9.18 Å². The monoisotopic (exact) mass is 265 g/mol. The smallest absolute Gasteiger partial charge is 0.407 e. The van der Waals surface area contributed by atoms with Crippen LogP contribution < -0.4 is 5.32 Å². The molecule has 0 aliphatic heterocycles. The van der Waals surface area contributed by atoms with Crippen LogP contribution in [0, 0.1) is 12.7 Å². The number of rotatable bonds is 3. The van der Waals surface area contributed by atoms with Crippen LogP contribution >= 0.6 is 0 Å². The van der Waals surface area contributed by atoms with Gasteiger partial charge in [0.1, 0.15) is 11.4 Å². The summed E-state index contributed by atoms with van der Waals surface area (Å²) in [6.45, 7) is 10.9. The summed E-state index contributed by atoms with van der Waals surface area (Å²) < 4.78 is 18.9. The maximum Gasteiger partial charge on any atom is 0.407 e. The van der Waals surface area contributed by atoms with Crippen LogP contribution in [0.5, 0.6) is 0 Å². The van der Waals surface area contributed by atoms with Crippen molar-refractivity contribution < 1.29 is 13.9 Å². The number of benzene rings is 1. The van der Waals surface area contributed by atoms with Crippen LogP contribution in [-0.2, 0) is 11.3 Å². The number of amides is 1. The van der Waals surface area contributed by atoms with Gasteiger partial charge in [-0.25, -0.2) is 9.18 Å². The molecule has 1 aromatic rings. The standard InChI is InChI=1S/C15H20FNO2/c1-6-11-8-13(16)12(7-10(11)2)9-17-14(18)19-15(3,4)5/h6-8H,1,9H2,2-5H3,(H,17,18). The quantitative estimate of drug-likeness (QED) is 0.902. The average molecular weight is 265 g/mol. The number of alkyl carbamates (subject to hydrolysis) is 1. The van der Waals surface area contributed by atoms with E-state index in [4.69, 9.17) is 4.74 Å². The third-order valence-corrected chi connectivity index (χ3v) is 2.48. The minimum Gasteiger partial charge on any atom is -0.444 e. The van der Waals surface area contributed by atoms with Crippen molar-refractivity contribution in [3.05, 3.63) is 41.2 Å². The fourth-order valence-corrected chi connectivity index (χ4v) is 1.59. The second-order valence-corrected chi connectivity index (χ2v) is 5.36. The Morgan fingerprint density at radius 1 is 1.47 bits per heavy atom. The van der Waals surface area contributed by atoms with Gasteiger partial charge in [0.05, 0.1) is 0 Å².